The molecule has 1 aromatic carbocycles. The summed E-state index contributed by atoms with van der Waals surface area (Å²) >= 11 is 0. The summed E-state index contributed by atoms with van der Waals surface area (Å²) in [5.74, 6) is -1.22. The Labute approximate surface area is 148 Å². The zero-order valence-corrected chi connectivity index (χ0v) is 15.1. The third-order valence-corrected chi connectivity index (χ3v) is 6.00. The number of ketones is 1. The molecule has 1 heterocycles. The Kier molecular flexibility index (Phi) is 5.45. The lowest BCUT2D eigenvalue weighted by atomic mass is 10.1. The van der Waals surface area contributed by atoms with Crippen LogP contribution >= 0.6 is 0 Å². The van der Waals surface area contributed by atoms with E-state index >= 15 is 0 Å². The van der Waals surface area contributed by atoms with Crippen molar-refractivity contribution in [2.24, 2.45) is 7.05 Å². The second-order valence-corrected chi connectivity index (χ2v) is 8.17. The third kappa shape index (κ3) is 4.24. The first-order chi connectivity index (χ1) is 12.0. The molecule has 0 N–H and O–H groups in total. The van der Waals surface area contributed by atoms with Crippen molar-refractivity contribution in [1.82, 2.24) is 9.55 Å². The average Bonchev–Trinajstić information content (AvgIpc) is 2.94. The number of rotatable bonds is 6. The van der Waals surface area contributed by atoms with Crippen LogP contribution < -0.4 is 4.74 Å². The lowest BCUT2D eigenvalue weighted by molar-refractivity contribution is -0.274. The average molecular weight is 390 g/mol. The van der Waals surface area contributed by atoms with Crippen molar-refractivity contribution in [2.75, 3.05) is 5.75 Å². The van der Waals surface area contributed by atoms with Crippen LogP contribution in [0.25, 0.3) is 11.3 Å². The normalized spacial score (nSPS) is 13.5. The van der Waals surface area contributed by atoms with Crippen molar-refractivity contribution >= 4 is 15.6 Å². The number of benzene rings is 1. The minimum Gasteiger partial charge on any atom is -0.406 e. The summed E-state index contributed by atoms with van der Waals surface area (Å²) in [5, 5.41) is -1.23. The van der Waals surface area contributed by atoms with Crippen LogP contribution in [-0.2, 0) is 16.9 Å². The zero-order valence-electron chi connectivity index (χ0n) is 14.2. The van der Waals surface area contributed by atoms with Crippen LogP contribution in [0.15, 0.2) is 30.5 Å². The fourth-order valence-corrected chi connectivity index (χ4v) is 3.26. The lowest BCUT2D eigenvalue weighted by Gasteiger charge is -2.12. The number of carbonyl (C=O) groups excluding carboxylic acids is 1. The highest BCUT2D eigenvalue weighted by atomic mass is 32.2. The SMILES string of the molecule is CCS(=O)(=O)C(C)C(=O)c1ncc(-c2ccc(OC(F)(F)F)cc2)n1C. The Morgan fingerprint density at radius 3 is 2.35 bits per heavy atom. The highest BCUT2D eigenvalue weighted by Crippen LogP contribution is 2.27. The summed E-state index contributed by atoms with van der Waals surface area (Å²) < 4.78 is 65.6. The fraction of sp³-hybridized carbons (Fsp3) is 0.375. The summed E-state index contributed by atoms with van der Waals surface area (Å²) in [4.78, 5) is 16.4. The number of alkyl halides is 3. The van der Waals surface area contributed by atoms with Crippen LogP contribution in [0.1, 0.15) is 24.5 Å². The van der Waals surface area contributed by atoms with Gasteiger partial charge in [-0.05, 0) is 31.2 Å². The number of halogens is 3. The smallest absolute Gasteiger partial charge is 0.406 e. The Hall–Kier alpha value is -2.36. The van der Waals surface area contributed by atoms with Crippen LogP contribution in [0.3, 0.4) is 0 Å². The van der Waals surface area contributed by atoms with Crippen molar-refractivity contribution in [3.63, 3.8) is 0 Å². The van der Waals surface area contributed by atoms with E-state index in [1.54, 1.807) is 0 Å². The van der Waals surface area contributed by atoms with Gasteiger partial charge in [0.05, 0.1) is 11.9 Å². The van der Waals surface area contributed by atoms with E-state index in [1.165, 1.54) is 43.8 Å². The predicted molar refractivity (Wildman–Crippen MR) is 88.6 cm³/mol. The molecule has 0 aliphatic heterocycles. The lowest BCUT2D eigenvalue weighted by Crippen LogP contribution is -2.30. The first-order valence-electron chi connectivity index (χ1n) is 7.60. The minimum atomic E-state index is -4.78. The van der Waals surface area contributed by atoms with Crippen molar-refractivity contribution in [3.05, 3.63) is 36.3 Å². The number of hydrogen-bond acceptors (Lipinski definition) is 5. The van der Waals surface area contributed by atoms with Gasteiger partial charge < -0.3 is 9.30 Å². The summed E-state index contributed by atoms with van der Waals surface area (Å²) in [6, 6.07) is 5.06. The largest absolute Gasteiger partial charge is 0.573 e. The Morgan fingerprint density at radius 1 is 1.27 bits per heavy atom. The van der Waals surface area contributed by atoms with Gasteiger partial charge in [0.25, 0.3) is 0 Å². The molecule has 6 nitrogen and oxygen atoms in total. The summed E-state index contributed by atoms with van der Waals surface area (Å²) in [6.45, 7) is 2.76. The molecular weight excluding hydrogens is 373 g/mol. The molecule has 0 aliphatic carbocycles. The molecule has 0 saturated heterocycles. The maximum absolute atomic E-state index is 12.4. The predicted octanol–water partition coefficient (Wildman–Crippen LogP) is 2.99. The van der Waals surface area contributed by atoms with Crippen LogP contribution in [0, 0.1) is 0 Å². The second kappa shape index (κ2) is 7.10. The van der Waals surface area contributed by atoms with Gasteiger partial charge in [-0.15, -0.1) is 13.2 Å². The number of aromatic nitrogens is 2. The Morgan fingerprint density at radius 2 is 1.85 bits per heavy atom. The van der Waals surface area contributed by atoms with Crippen LogP contribution in [0.2, 0.25) is 0 Å². The topological polar surface area (TPSA) is 78.3 Å². The molecule has 10 heteroatoms. The maximum atomic E-state index is 12.4. The molecule has 0 radical (unpaired) electrons. The van der Waals surface area contributed by atoms with Gasteiger partial charge in [-0.3, -0.25) is 4.79 Å². The van der Waals surface area contributed by atoms with Gasteiger partial charge in [0.1, 0.15) is 11.0 Å². The van der Waals surface area contributed by atoms with E-state index in [0.717, 1.165) is 12.1 Å². The molecule has 2 rings (SSSR count). The van der Waals surface area contributed by atoms with Gasteiger partial charge in [-0.1, -0.05) is 6.92 Å². The van der Waals surface area contributed by atoms with E-state index in [9.17, 15) is 26.4 Å². The highest BCUT2D eigenvalue weighted by Gasteiger charge is 2.32. The Balaban J connectivity index is 2.30. The van der Waals surface area contributed by atoms with Gasteiger partial charge in [0.2, 0.25) is 5.78 Å². The second-order valence-electron chi connectivity index (χ2n) is 5.56. The number of carbonyl (C=O) groups is 1. The molecule has 0 bridgehead atoms. The van der Waals surface area contributed by atoms with Gasteiger partial charge in [0, 0.05) is 18.4 Å². The summed E-state index contributed by atoms with van der Waals surface area (Å²) in [6.07, 6.45) is -3.42. The molecule has 0 fully saturated rings. The maximum Gasteiger partial charge on any atom is 0.573 e. The van der Waals surface area contributed by atoms with E-state index in [4.69, 9.17) is 0 Å². The fourth-order valence-electron chi connectivity index (χ4n) is 2.33. The van der Waals surface area contributed by atoms with Crippen molar-refractivity contribution in [1.29, 1.82) is 0 Å². The number of Topliss-reactive ketones (excluding diaryl/α,β-unsaturated/α-hetero) is 1. The first kappa shape index (κ1) is 20.0. The molecular formula is C16H17F3N2O4S. The number of hydrogen-bond donors (Lipinski definition) is 0. The molecule has 0 aliphatic rings. The van der Waals surface area contributed by atoms with Crippen LogP contribution in [0.5, 0.6) is 5.75 Å². The molecule has 2 aromatic rings. The molecule has 1 aromatic heterocycles. The van der Waals surface area contributed by atoms with Gasteiger partial charge >= 0.3 is 6.36 Å². The van der Waals surface area contributed by atoms with Crippen LogP contribution in [-0.4, -0.2) is 41.1 Å². The van der Waals surface area contributed by atoms with Gasteiger partial charge in [0.15, 0.2) is 15.7 Å². The minimum absolute atomic E-state index is 0.0415. The molecule has 26 heavy (non-hydrogen) atoms. The highest BCUT2D eigenvalue weighted by molar-refractivity contribution is 7.92. The van der Waals surface area contributed by atoms with E-state index in [-0.39, 0.29) is 17.3 Å². The summed E-state index contributed by atoms with van der Waals surface area (Å²) in [7, 11) is -2.04. The van der Waals surface area contributed by atoms with Crippen LogP contribution in [0.4, 0.5) is 13.2 Å². The van der Waals surface area contributed by atoms with E-state index in [0.29, 0.717) is 11.3 Å². The monoisotopic (exact) mass is 390 g/mol. The van der Waals surface area contributed by atoms with Crippen molar-refractivity contribution < 1.29 is 31.1 Å². The third-order valence-electron chi connectivity index (χ3n) is 3.90. The van der Waals surface area contributed by atoms with Crippen molar-refractivity contribution in [2.45, 2.75) is 25.5 Å². The first-order valence-corrected chi connectivity index (χ1v) is 9.31. The molecule has 142 valence electrons. The Bertz CT molecular complexity index is 903. The molecule has 0 saturated carbocycles. The van der Waals surface area contributed by atoms with E-state index < -0.39 is 27.2 Å². The number of nitrogens with zero attached hydrogens (tertiary/aromatic N) is 2. The molecule has 1 atom stereocenters. The van der Waals surface area contributed by atoms with Gasteiger partial charge in [-0.2, -0.15) is 0 Å². The van der Waals surface area contributed by atoms with Crippen molar-refractivity contribution in [3.8, 4) is 17.0 Å². The number of imidazole rings is 1. The number of ether oxygens (including phenoxy) is 1. The molecule has 0 spiro atoms. The molecule has 0 amide bonds. The number of sulfone groups is 1. The van der Waals surface area contributed by atoms with E-state index in [2.05, 4.69) is 9.72 Å². The summed E-state index contributed by atoms with van der Waals surface area (Å²) in [5.41, 5.74) is 0.951. The zero-order chi connectivity index (χ0) is 19.7. The molecule has 1 unspecified atom stereocenters. The van der Waals surface area contributed by atoms with E-state index in [1.807, 2.05) is 0 Å². The quantitative estimate of drug-likeness (QED) is 0.709. The standard InChI is InChI=1S/C16H17F3N2O4S/c1-4-26(23,24)10(2)14(22)15-20-9-13(21(15)3)11-5-7-12(8-6-11)25-16(17,18)19/h5-10H,4H2,1-3H3. The van der Waals surface area contributed by atoms with Gasteiger partial charge in [-0.25, -0.2) is 13.4 Å².